The van der Waals surface area contributed by atoms with Crippen LogP contribution in [0.2, 0.25) is 0 Å². The average Bonchev–Trinajstić information content (AvgIpc) is 3.68. The molecule has 432 valence electrons. The van der Waals surface area contributed by atoms with E-state index in [9.17, 15) is 0 Å². The number of aryl methyl sites for hydroxylation is 3. The van der Waals surface area contributed by atoms with Crippen LogP contribution in [0.1, 0.15) is 230 Å². The Kier molecular flexibility index (Phi) is 27.6. The highest BCUT2D eigenvalue weighted by molar-refractivity contribution is 6.15. The summed E-state index contributed by atoms with van der Waals surface area (Å²) in [6.45, 7) is 6.91. The first-order chi connectivity index (χ1) is 39.9. The van der Waals surface area contributed by atoms with Crippen LogP contribution in [-0.2, 0) is 19.3 Å². The highest BCUT2D eigenvalue weighted by Crippen LogP contribution is 2.56. The van der Waals surface area contributed by atoms with E-state index >= 15 is 0 Å². The molecule has 7 aromatic carbocycles. The molecule has 0 aromatic heterocycles. The van der Waals surface area contributed by atoms with Crippen molar-refractivity contribution in [3.8, 4) is 66.8 Å². The molecule has 0 amide bonds. The summed E-state index contributed by atoms with van der Waals surface area (Å²) in [5.74, 6) is 0. The maximum atomic E-state index is 6.56. The van der Waals surface area contributed by atoms with Gasteiger partial charge in [-0.2, -0.15) is 0 Å². The molecule has 3 heteroatoms. The van der Waals surface area contributed by atoms with Crippen LogP contribution in [-0.4, -0.2) is 0 Å². The Morgan fingerprint density at radius 2 is 0.333 bits per heavy atom. The van der Waals surface area contributed by atoms with Crippen LogP contribution in [0.4, 0.5) is 17.1 Å². The first kappa shape index (κ1) is 62.5. The second kappa shape index (κ2) is 35.7. The number of hydrogen-bond donors (Lipinski definition) is 3. The Bertz CT molecular complexity index is 2470. The van der Waals surface area contributed by atoms with Gasteiger partial charge in [0.2, 0.25) is 0 Å². The van der Waals surface area contributed by atoms with Gasteiger partial charge in [-0.05, 0) is 158 Å². The van der Waals surface area contributed by atoms with Gasteiger partial charge in [0.15, 0.2) is 0 Å². The number of nitrogens with two attached hydrogens (primary N) is 3. The molecule has 6 N–H and O–H groups in total. The molecule has 7 aromatic rings. The van der Waals surface area contributed by atoms with Gasteiger partial charge in [-0.3, -0.25) is 0 Å². The van der Waals surface area contributed by atoms with Gasteiger partial charge in [0.1, 0.15) is 0 Å². The van der Waals surface area contributed by atoms with Crippen molar-refractivity contribution in [2.75, 3.05) is 17.2 Å². The van der Waals surface area contributed by atoms with E-state index in [0.717, 1.165) is 53.0 Å². The molecule has 0 fully saturated rings. The summed E-state index contributed by atoms with van der Waals surface area (Å²) in [5, 5.41) is 0. The van der Waals surface area contributed by atoms with Crippen molar-refractivity contribution in [1.82, 2.24) is 0 Å². The first-order valence-electron chi connectivity index (χ1n) is 33.0. The monoisotopic (exact) mass is 1080 g/mol. The SMILES string of the molecule is CCCCCCCCCCCCc1ccc(-c2c(-c3ccc(N)cc3)c(-c3ccc(CCCCCCCCCCCC)cc3)c(-c3ccc(N)cc3)c(-c3ccc(CCCCCCCCCCCC)cc3)c2-c2ccc(N)cc2)cc1. The van der Waals surface area contributed by atoms with Crippen molar-refractivity contribution in [3.05, 3.63) is 162 Å². The molecule has 0 saturated heterocycles. The molecule has 0 aliphatic rings. The largest absolute Gasteiger partial charge is 0.399 e. The third-order valence-electron chi connectivity index (χ3n) is 17.3. The summed E-state index contributed by atoms with van der Waals surface area (Å²) < 4.78 is 0. The lowest BCUT2D eigenvalue weighted by Crippen LogP contribution is -2.03. The zero-order valence-corrected chi connectivity index (χ0v) is 50.9. The molecule has 0 saturated carbocycles. The predicted molar refractivity (Wildman–Crippen MR) is 359 cm³/mol. The Morgan fingerprint density at radius 3 is 0.506 bits per heavy atom. The van der Waals surface area contributed by atoms with Crippen LogP contribution in [0.25, 0.3) is 66.8 Å². The highest BCUT2D eigenvalue weighted by Gasteiger charge is 2.29. The highest BCUT2D eigenvalue weighted by atomic mass is 14.5. The minimum absolute atomic E-state index is 0.751. The third kappa shape index (κ3) is 20.1. The number of benzene rings is 7. The number of hydrogen-bond acceptors (Lipinski definition) is 3. The van der Waals surface area contributed by atoms with Crippen molar-refractivity contribution in [2.45, 2.75) is 233 Å². The van der Waals surface area contributed by atoms with E-state index in [-0.39, 0.29) is 0 Å². The van der Waals surface area contributed by atoms with Crippen molar-refractivity contribution in [1.29, 1.82) is 0 Å². The first-order valence-corrected chi connectivity index (χ1v) is 33.0. The van der Waals surface area contributed by atoms with E-state index in [1.54, 1.807) is 0 Å². The molecular formula is C78H105N3. The van der Waals surface area contributed by atoms with Crippen LogP contribution < -0.4 is 17.2 Å². The molecule has 3 nitrogen and oxygen atoms in total. The van der Waals surface area contributed by atoms with Crippen LogP contribution in [0.15, 0.2) is 146 Å². The third-order valence-corrected chi connectivity index (χ3v) is 17.3. The topological polar surface area (TPSA) is 78.1 Å². The van der Waals surface area contributed by atoms with Crippen molar-refractivity contribution < 1.29 is 0 Å². The Balaban J connectivity index is 1.32. The normalized spacial score (nSPS) is 11.4. The quantitative estimate of drug-likeness (QED) is 0.0265. The molecule has 81 heavy (non-hydrogen) atoms. The molecular weight excluding hydrogens is 979 g/mol. The molecule has 0 spiro atoms. The molecule has 0 heterocycles. The van der Waals surface area contributed by atoms with Gasteiger partial charge < -0.3 is 17.2 Å². The van der Waals surface area contributed by atoms with E-state index in [4.69, 9.17) is 17.2 Å². The van der Waals surface area contributed by atoms with Gasteiger partial charge in [0.25, 0.3) is 0 Å². The Morgan fingerprint density at radius 1 is 0.185 bits per heavy atom. The number of anilines is 3. The van der Waals surface area contributed by atoms with Crippen LogP contribution in [0.5, 0.6) is 0 Å². The Labute approximate surface area is 493 Å². The average molecular weight is 1080 g/mol. The molecule has 0 aliphatic carbocycles. The maximum Gasteiger partial charge on any atom is 0.0314 e. The summed E-state index contributed by atoms with van der Waals surface area (Å²) in [5.41, 5.74) is 40.3. The molecule has 0 radical (unpaired) electrons. The number of nitrogen functional groups attached to an aromatic ring is 3. The van der Waals surface area contributed by atoms with Gasteiger partial charge in [-0.25, -0.2) is 0 Å². The zero-order valence-electron chi connectivity index (χ0n) is 50.9. The fraction of sp³-hybridized carbons (Fsp3) is 0.462. The fourth-order valence-electron chi connectivity index (χ4n) is 12.4. The predicted octanol–water partition coefficient (Wildman–Crippen LogP) is 23.8. The lowest BCUT2D eigenvalue weighted by molar-refractivity contribution is 0.556. The molecule has 0 bridgehead atoms. The van der Waals surface area contributed by atoms with E-state index in [1.807, 2.05) is 0 Å². The zero-order chi connectivity index (χ0) is 56.7. The van der Waals surface area contributed by atoms with Gasteiger partial charge in [0.05, 0.1) is 0 Å². The summed E-state index contributed by atoms with van der Waals surface area (Å²) in [4.78, 5) is 0. The minimum atomic E-state index is 0.751. The van der Waals surface area contributed by atoms with Crippen molar-refractivity contribution in [3.63, 3.8) is 0 Å². The molecule has 0 unspecified atom stereocenters. The second-order valence-electron chi connectivity index (χ2n) is 24.0. The molecule has 7 rings (SSSR count). The van der Waals surface area contributed by atoms with Crippen molar-refractivity contribution in [2.24, 2.45) is 0 Å². The minimum Gasteiger partial charge on any atom is -0.399 e. The van der Waals surface area contributed by atoms with E-state index in [1.165, 1.54) is 259 Å². The fourth-order valence-corrected chi connectivity index (χ4v) is 12.4. The summed E-state index contributed by atoms with van der Waals surface area (Å²) in [6, 6.07) is 54.7. The molecule has 0 aliphatic heterocycles. The summed E-state index contributed by atoms with van der Waals surface area (Å²) in [6.07, 6.45) is 43.6. The number of rotatable bonds is 39. The van der Waals surface area contributed by atoms with Crippen LogP contribution in [0.3, 0.4) is 0 Å². The summed E-state index contributed by atoms with van der Waals surface area (Å²) >= 11 is 0. The van der Waals surface area contributed by atoms with E-state index in [0.29, 0.717) is 0 Å². The van der Waals surface area contributed by atoms with Gasteiger partial charge in [0, 0.05) is 17.1 Å². The lowest BCUT2D eigenvalue weighted by atomic mass is 9.74. The van der Waals surface area contributed by atoms with Crippen LogP contribution >= 0.6 is 0 Å². The molecule has 0 atom stereocenters. The van der Waals surface area contributed by atoms with Crippen molar-refractivity contribution >= 4 is 17.1 Å². The van der Waals surface area contributed by atoms with Crippen LogP contribution in [0, 0.1) is 0 Å². The van der Waals surface area contributed by atoms with Gasteiger partial charge >= 0.3 is 0 Å². The number of unbranched alkanes of at least 4 members (excludes halogenated alkanes) is 27. The lowest BCUT2D eigenvalue weighted by Gasteiger charge is -2.29. The second-order valence-corrected chi connectivity index (χ2v) is 24.0. The summed E-state index contributed by atoms with van der Waals surface area (Å²) in [7, 11) is 0. The van der Waals surface area contributed by atoms with Gasteiger partial charge in [-0.1, -0.05) is 303 Å². The Hall–Kier alpha value is -6.06. The van der Waals surface area contributed by atoms with E-state index in [2.05, 4.69) is 166 Å². The van der Waals surface area contributed by atoms with Gasteiger partial charge in [-0.15, -0.1) is 0 Å². The smallest absolute Gasteiger partial charge is 0.0314 e. The maximum absolute atomic E-state index is 6.56. The standard InChI is InChI=1S/C78H105N3/c1-4-7-10-13-16-19-22-25-28-31-34-61-37-43-64(44-38-61)73-76(67-49-55-70(79)56-50-67)74(65-45-39-62(40-46-65)35-32-29-26-23-20-17-14-11-8-5-2)78(69-53-59-72(81)60-54-69)75(77(73)68-51-57-71(80)58-52-68)66-47-41-63(42-48-66)36-33-30-27-24-21-18-15-12-9-6-3/h37-60H,4-36,79-81H2,1-3H3. The van der Waals surface area contributed by atoms with E-state index < -0.39 is 0 Å².